The highest BCUT2D eigenvalue weighted by atomic mass is 79.9. The first-order valence-electron chi connectivity index (χ1n) is 5.27. The van der Waals surface area contributed by atoms with E-state index in [4.69, 9.17) is 4.74 Å². The highest BCUT2D eigenvalue weighted by Gasteiger charge is 1.95. The summed E-state index contributed by atoms with van der Waals surface area (Å²) in [7, 11) is 1.73. The first-order chi connectivity index (χ1) is 7.83. The van der Waals surface area contributed by atoms with E-state index in [0.29, 0.717) is 0 Å². The van der Waals surface area contributed by atoms with Crippen LogP contribution in [0.25, 0.3) is 0 Å². The van der Waals surface area contributed by atoms with Crippen molar-refractivity contribution in [1.82, 2.24) is 10.3 Å². The van der Waals surface area contributed by atoms with Crippen LogP contribution in [-0.4, -0.2) is 37.5 Å². The summed E-state index contributed by atoms with van der Waals surface area (Å²) in [5.41, 5.74) is 0. The summed E-state index contributed by atoms with van der Waals surface area (Å²) in [6.07, 6.45) is 2.89. The lowest BCUT2D eigenvalue weighted by molar-refractivity contribution is 0.194. The lowest BCUT2D eigenvalue weighted by atomic mass is 10.4. The number of pyridine rings is 1. The zero-order valence-corrected chi connectivity index (χ0v) is 11.8. The molecule has 0 unspecified atom stereocenters. The Morgan fingerprint density at radius 2 is 2.31 bits per heavy atom. The molecular formula is C11H17BrN2OS. The number of hydrogen-bond donors (Lipinski definition) is 1. The highest BCUT2D eigenvalue weighted by molar-refractivity contribution is 9.10. The van der Waals surface area contributed by atoms with E-state index in [1.807, 2.05) is 18.3 Å². The molecule has 5 heteroatoms. The van der Waals surface area contributed by atoms with Gasteiger partial charge in [0.15, 0.2) is 0 Å². The second-order valence-electron chi connectivity index (χ2n) is 3.26. The molecule has 0 bridgehead atoms. The number of hydrogen-bond acceptors (Lipinski definition) is 4. The predicted molar refractivity (Wildman–Crippen MR) is 72.0 cm³/mol. The maximum absolute atomic E-state index is 4.97. The van der Waals surface area contributed by atoms with Crippen LogP contribution in [-0.2, 0) is 4.74 Å². The third kappa shape index (κ3) is 6.48. The van der Waals surface area contributed by atoms with E-state index in [0.717, 1.165) is 41.4 Å². The minimum atomic E-state index is 0.828. The van der Waals surface area contributed by atoms with Crippen LogP contribution in [0.4, 0.5) is 0 Å². The second kappa shape index (κ2) is 8.98. The fourth-order valence-electron chi connectivity index (χ4n) is 1.14. The van der Waals surface area contributed by atoms with Crippen molar-refractivity contribution in [2.75, 3.05) is 32.6 Å². The van der Waals surface area contributed by atoms with Crippen LogP contribution in [0.5, 0.6) is 0 Å². The molecule has 1 aromatic rings. The number of nitrogens with one attached hydrogen (secondary N) is 1. The minimum absolute atomic E-state index is 0.828. The van der Waals surface area contributed by atoms with E-state index in [2.05, 4.69) is 26.2 Å². The van der Waals surface area contributed by atoms with Gasteiger partial charge in [-0.15, -0.1) is 11.8 Å². The van der Waals surface area contributed by atoms with Crippen molar-refractivity contribution in [2.45, 2.75) is 11.4 Å². The van der Waals surface area contributed by atoms with E-state index >= 15 is 0 Å². The molecule has 0 amide bonds. The summed E-state index contributed by atoms with van der Waals surface area (Å²) in [5.74, 6) is 1.04. The van der Waals surface area contributed by atoms with Gasteiger partial charge in [0, 0.05) is 36.7 Å². The van der Waals surface area contributed by atoms with Crippen LogP contribution in [0.15, 0.2) is 27.8 Å². The molecule has 0 fully saturated rings. The standard InChI is InChI=1S/C11H17BrN2OS/c1-15-7-2-5-13-6-8-16-11-4-3-10(12)9-14-11/h3-4,9,13H,2,5-8H2,1H3. The smallest absolute Gasteiger partial charge is 0.0961 e. The molecule has 0 spiro atoms. The van der Waals surface area contributed by atoms with Gasteiger partial charge in [-0.3, -0.25) is 0 Å². The lowest BCUT2D eigenvalue weighted by Gasteiger charge is -2.04. The van der Waals surface area contributed by atoms with Gasteiger partial charge in [0.05, 0.1) is 5.03 Å². The molecular weight excluding hydrogens is 288 g/mol. The van der Waals surface area contributed by atoms with E-state index in [9.17, 15) is 0 Å². The molecule has 0 aromatic carbocycles. The zero-order chi connectivity index (χ0) is 11.6. The molecule has 1 rings (SSSR count). The summed E-state index contributed by atoms with van der Waals surface area (Å²) < 4.78 is 5.99. The van der Waals surface area contributed by atoms with Crippen molar-refractivity contribution >= 4 is 27.7 Å². The fourth-order valence-corrected chi connectivity index (χ4v) is 2.12. The average Bonchev–Trinajstić information content (AvgIpc) is 2.30. The van der Waals surface area contributed by atoms with E-state index in [-0.39, 0.29) is 0 Å². The topological polar surface area (TPSA) is 34.1 Å². The maximum atomic E-state index is 4.97. The summed E-state index contributed by atoms with van der Waals surface area (Å²) in [5, 5.41) is 4.44. The molecule has 0 saturated heterocycles. The Labute approximate surface area is 109 Å². The third-order valence-corrected chi connectivity index (χ3v) is 3.35. The van der Waals surface area contributed by atoms with Crippen molar-refractivity contribution < 1.29 is 4.74 Å². The lowest BCUT2D eigenvalue weighted by Crippen LogP contribution is -2.19. The summed E-state index contributed by atoms with van der Waals surface area (Å²) >= 11 is 5.13. The van der Waals surface area contributed by atoms with Crippen molar-refractivity contribution in [3.8, 4) is 0 Å². The second-order valence-corrected chi connectivity index (χ2v) is 5.29. The van der Waals surface area contributed by atoms with E-state index in [1.54, 1.807) is 18.9 Å². The number of methoxy groups -OCH3 is 1. The quantitative estimate of drug-likeness (QED) is 0.591. The molecule has 0 aliphatic rings. The van der Waals surface area contributed by atoms with Crippen LogP contribution >= 0.6 is 27.7 Å². The van der Waals surface area contributed by atoms with Crippen molar-refractivity contribution in [1.29, 1.82) is 0 Å². The first kappa shape index (κ1) is 14.0. The molecule has 1 heterocycles. The molecule has 0 saturated carbocycles. The Balaban J connectivity index is 2.01. The van der Waals surface area contributed by atoms with Gasteiger partial charge >= 0.3 is 0 Å². The average molecular weight is 305 g/mol. The van der Waals surface area contributed by atoms with Crippen molar-refractivity contribution in [3.63, 3.8) is 0 Å². The Morgan fingerprint density at radius 1 is 1.44 bits per heavy atom. The number of thioether (sulfide) groups is 1. The van der Waals surface area contributed by atoms with E-state index < -0.39 is 0 Å². The number of nitrogens with zero attached hydrogens (tertiary/aromatic N) is 1. The first-order valence-corrected chi connectivity index (χ1v) is 7.05. The van der Waals surface area contributed by atoms with Gasteiger partial charge in [0.1, 0.15) is 0 Å². The summed E-state index contributed by atoms with van der Waals surface area (Å²) in [6.45, 7) is 2.85. The highest BCUT2D eigenvalue weighted by Crippen LogP contribution is 2.16. The van der Waals surface area contributed by atoms with Gasteiger partial charge in [0.2, 0.25) is 0 Å². The predicted octanol–water partition coefficient (Wildman–Crippen LogP) is 2.56. The number of ether oxygens (including phenoxy) is 1. The van der Waals surface area contributed by atoms with Crippen LogP contribution in [0.2, 0.25) is 0 Å². The molecule has 1 aromatic heterocycles. The third-order valence-electron chi connectivity index (χ3n) is 1.93. The summed E-state index contributed by atoms with van der Waals surface area (Å²) in [6, 6.07) is 4.04. The van der Waals surface area contributed by atoms with Gasteiger partial charge in [-0.25, -0.2) is 4.98 Å². The van der Waals surface area contributed by atoms with Crippen molar-refractivity contribution in [3.05, 3.63) is 22.8 Å². The summed E-state index contributed by atoms with van der Waals surface area (Å²) in [4.78, 5) is 4.29. The number of halogens is 1. The monoisotopic (exact) mass is 304 g/mol. The zero-order valence-electron chi connectivity index (χ0n) is 9.41. The van der Waals surface area contributed by atoms with E-state index in [1.165, 1.54) is 0 Å². The van der Waals surface area contributed by atoms with Gasteiger partial charge < -0.3 is 10.1 Å². The molecule has 90 valence electrons. The molecule has 1 N–H and O–H groups in total. The Kier molecular flexibility index (Phi) is 7.84. The molecule has 0 aliphatic carbocycles. The Morgan fingerprint density at radius 3 is 3.00 bits per heavy atom. The number of aromatic nitrogens is 1. The Bertz CT molecular complexity index is 282. The van der Waals surface area contributed by atoms with Gasteiger partial charge in [-0.05, 0) is 41.0 Å². The molecule has 3 nitrogen and oxygen atoms in total. The van der Waals surface area contributed by atoms with Crippen LogP contribution in [0.3, 0.4) is 0 Å². The van der Waals surface area contributed by atoms with Crippen LogP contribution in [0.1, 0.15) is 6.42 Å². The van der Waals surface area contributed by atoms with Gasteiger partial charge in [0.25, 0.3) is 0 Å². The number of rotatable bonds is 8. The molecule has 0 radical (unpaired) electrons. The van der Waals surface area contributed by atoms with Crippen molar-refractivity contribution in [2.24, 2.45) is 0 Å². The maximum Gasteiger partial charge on any atom is 0.0961 e. The molecule has 0 atom stereocenters. The van der Waals surface area contributed by atoms with Gasteiger partial charge in [-0.1, -0.05) is 0 Å². The van der Waals surface area contributed by atoms with Crippen LogP contribution in [0, 0.1) is 0 Å². The largest absolute Gasteiger partial charge is 0.385 e. The fraction of sp³-hybridized carbons (Fsp3) is 0.545. The van der Waals surface area contributed by atoms with Gasteiger partial charge in [-0.2, -0.15) is 0 Å². The normalized spacial score (nSPS) is 10.6. The Hall–Kier alpha value is -0.100. The molecule has 16 heavy (non-hydrogen) atoms. The van der Waals surface area contributed by atoms with Crippen LogP contribution < -0.4 is 5.32 Å². The molecule has 0 aliphatic heterocycles. The minimum Gasteiger partial charge on any atom is -0.385 e. The SMILES string of the molecule is COCCCNCCSc1ccc(Br)cn1.